The van der Waals surface area contributed by atoms with E-state index in [-0.39, 0.29) is 84.3 Å². The van der Waals surface area contributed by atoms with Gasteiger partial charge in [0.05, 0.1) is 16.5 Å². The number of benzene rings is 3. The minimum absolute atomic E-state index is 0.0210. The first-order valence-corrected chi connectivity index (χ1v) is 28.0. The van der Waals surface area contributed by atoms with Crippen LogP contribution in [0.25, 0.3) is 0 Å². The van der Waals surface area contributed by atoms with Crippen molar-refractivity contribution >= 4 is 73.8 Å². The molecule has 5 aliphatic rings. The monoisotopic (exact) mass is 1240 g/mol. The van der Waals surface area contributed by atoms with E-state index in [1.165, 1.54) is 116 Å². The molecule has 0 spiro atoms. The Balaban J connectivity index is 0.000000207. The van der Waals surface area contributed by atoms with Crippen molar-refractivity contribution in [3.8, 4) is 0 Å². The molecule has 3 aromatic rings. The van der Waals surface area contributed by atoms with Crippen molar-refractivity contribution in [3.63, 3.8) is 0 Å². The van der Waals surface area contributed by atoms with Crippen molar-refractivity contribution in [2.75, 3.05) is 6.61 Å². The van der Waals surface area contributed by atoms with Gasteiger partial charge in [-0.25, -0.2) is 4.79 Å². The number of ketones is 7. The van der Waals surface area contributed by atoms with E-state index < -0.39 is 85.5 Å². The first kappa shape index (κ1) is 67.9. The van der Waals surface area contributed by atoms with Crippen LogP contribution in [-0.2, 0) is 62.0 Å². The molecule has 1 saturated carbocycles. The maximum absolute atomic E-state index is 11.9. The van der Waals surface area contributed by atoms with Gasteiger partial charge in [0, 0.05) is 121 Å². The number of nitro groups is 2. The van der Waals surface area contributed by atoms with Crippen molar-refractivity contribution in [2.24, 2.45) is 11.8 Å². The molecule has 4 aliphatic heterocycles. The minimum Gasteiger partial charge on any atom is -0.460 e. The molecule has 24 heteroatoms. The number of nitro benzene ring substituents is 2. The lowest BCUT2D eigenvalue weighted by atomic mass is 9.75. The zero-order valence-electron chi connectivity index (χ0n) is 48.2. The van der Waals surface area contributed by atoms with Crippen molar-refractivity contribution in [2.45, 2.75) is 154 Å². The van der Waals surface area contributed by atoms with E-state index in [1.54, 1.807) is 19.1 Å². The van der Waals surface area contributed by atoms with Gasteiger partial charge >= 0.3 is 5.97 Å². The first-order valence-electron chi connectivity index (χ1n) is 27.2. The summed E-state index contributed by atoms with van der Waals surface area (Å²) < 4.78 is 26.6. The van der Waals surface area contributed by atoms with Crippen LogP contribution < -0.4 is 0 Å². The highest BCUT2D eigenvalue weighted by molar-refractivity contribution is 9.10. The molecule has 23 nitrogen and oxygen atoms in total. The number of esters is 1. The van der Waals surface area contributed by atoms with Crippen LogP contribution in [0.5, 0.6) is 0 Å². The van der Waals surface area contributed by atoms with Gasteiger partial charge in [0.1, 0.15) is 0 Å². The minimum atomic E-state index is -2.07. The molecule has 456 valence electrons. The lowest BCUT2D eigenvalue weighted by Gasteiger charge is -2.38. The Kier molecular flexibility index (Phi) is 23.0. The summed E-state index contributed by atoms with van der Waals surface area (Å²) >= 11 is 3.35. The molecular weight excluding hydrogens is 1180 g/mol. The number of hydrogen-bond donors (Lipinski definition) is 4. The third-order valence-electron chi connectivity index (χ3n) is 14.9. The van der Waals surface area contributed by atoms with Gasteiger partial charge in [-0.15, -0.1) is 0 Å². The number of carbonyl (C=O) groups is 8. The standard InChI is InChI=1S/C16H24O5.C15H15BrO4.2C15H15NO6/c1-3-20-15(18)14-9-13(12-7-5-4-6-8-12)10-16(19,21-14)11(2)17;1-9(17)14-7-12(8-15(19,20-14)10(2)18)11-3-5-13(16)6-4-11;2*1-9(17)14-7-12(8-15(19,22-14)10(2)18)11-3-5-13(6-4-11)16(20)21/h9,12-13,19H,3-8,10H2,1-2H3;3-7,12,19H,8H2,1-2H3;2*3-7,12,19H,8H2,1-2H3. The van der Waals surface area contributed by atoms with E-state index in [4.69, 9.17) is 23.7 Å². The summed E-state index contributed by atoms with van der Waals surface area (Å²) in [6.45, 7) is 10.7. The third kappa shape index (κ3) is 17.8. The van der Waals surface area contributed by atoms with Crippen molar-refractivity contribution in [1.82, 2.24) is 0 Å². The molecule has 4 heterocycles. The first-order chi connectivity index (χ1) is 39.7. The highest BCUT2D eigenvalue weighted by atomic mass is 79.9. The molecule has 0 amide bonds. The summed E-state index contributed by atoms with van der Waals surface area (Å²) in [4.78, 5) is 113. The molecular formula is C61H69BrN2O21. The van der Waals surface area contributed by atoms with E-state index in [1.807, 2.05) is 24.3 Å². The Hall–Kier alpha value is -7.90. The van der Waals surface area contributed by atoms with Gasteiger partial charge in [-0.2, -0.15) is 0 Å². The second kappa shape index (κ2) is 28.8. The molecule has 0 radical (unpaired) electrons. The van der Waals surface area contributed by atoms with Crippen LogP contribution in [0.3, 0.4) is 0 Å². The molecule has 4 N–H and O–H groups in total. The van der Waals surface area contributed by atoms with Crippen LogP contribution in [-0.4, -0.2) is 106 Å². The molecule has 0 aromatic heterocycles. The number of aliphatic hydroxyl groups is 4. The summed E-state index contributed by atoms with van der Waals surface area (Å²) in [7, 11) is 0. The van der Waals surface area contributed by atoms with Crippen LogP contribution in [0, 0.1) is 32.1 Å². The average Bonchev–Trinajstić information content (AvgIpc) is 3.31. The Morgan fingerprint density at radius 3 is 1.09 bits per heavy atom. The van der Waals surface area contributed by atoms with E-state index in [9.17, 15) is 79.0 Å². The molecule has 3 aromatic carbocycles. The predicted octanol–water partition coefficient (Wildman–Crippen LogP) is 8.73. The summed E-state index contributed by atoms with van der Waals surface area (Å²) in [6, 6.07) is 19.0. The highest BCUT2D eigenvalue weighted by Gasteiger charge is 2.47. The summed E-state index contributed by atoms with van der Waals surface area (Å²) in [5.74, 6) is -12.9. The summed E-state index contributed by atoms with van der Waals surface area (Å²) in [5.41, 5.74) is 2.08. The van der Waals surface area contributed by atoms with Crippen molar-refractivity contribution in [1.29, 1.82) is 0 Å². The quantitative estimate of drug-likeness (QED) is 0.0627. The fourth-order valence-corrected chi connectivity index (χ4v) is 10.1. The van der Waals surface area contributed by atoms with Gasteiger partial charge in [-0.3, -0.25) is 53.8 Å². The average molecular weight is 1250 g/mol. The van der Waals surface area contributed by atoms with Crippen molar-refractivity contribution in [3.05, 3.63) is 162 Å². The molecule has 0 bridgehead atoms. The Morgan fingerprint density at radius 2 is 0.800 bits per heavy atom. The Bertz CT molecular complexity index is 3060. The Morgan fingerprint density at radius 1 is 0.494 bits per heavy atom. The highest BCUT2D eigenvalue weighted by Crippen LogP contribution is 2.42. The van der Waals surface area contributed by atoms with Gasteiger partial charge in [0.15, 0.2) is 34.6 Å². The van der Waals surface area contributed by atoms with E-state index in [0.29, 0.717) is 17.0 Å². The summed E-state index contributed by atoms with van der Waals surface area (Å²) in [5, 5.41) is 62.6. The number of non-ortho nitro benzene ring substituents is 2. The van der Waals surface area contributed by atoms with Crippen molar-refractivity contribution < 1.29 is 92.3 Å². The predicted molar refractivity (Wildman–Crippen MR) is 305 cm³/mol. The molecule has 8 atom stereocenters. The number of ether oxygens (including phenoxy) is 5. The third-order valence-corrected chi connectivity index (χ3v) is 15.4. The second-order valence-corrected chi connectivity index (χ2v) is 22.1. The maximum Gasteiger partial charge on any atom is 0.373 e. The number of nitrogens with zero attached hydrogens (tertiary/aromatic N) is 2. The second-order valence-electron chi connectivity index (χ2n) is 21.2. The van der Waals surface area contributed by atoms with E-state index in [0.717, 1.165) is 35.7 Å². The topological polar surface area (TPSA) is 350 Å². The fourth-order valence-electron chi connectivity index (χ4n) is 9.87. The lowest BCUT2D eigenvalue weighted by molar-refractivity contribution is -0.385. The largest absolute Gasteiger partial charge is 0.460 e. The normalized spacial score (nSPS) is 26.0. The van der Waals surface area contributed by atoms with Gasteiger partial charge in [0.2, 0.25) is 28.9 Å². The van der Waals surface area contributed by atoms with E-state index >= 15 is 0 Å². The van der Waals surface area contributed by atoms with Gasteiger partial charge in [-0.05, 0) is 84.7 Å². The van der Waals surface area contributed by atoms with E-state index in [2.05, 4.69) is 15.9 Å². The molecule has 85 heavy (non-hydrogen) atoms. The zero-order chi connectivity index (χ0) is 63.4. The lowest BCUT2D eigenvalue weighted by Crippen LogP contribution is -2.46. The maximum atomic E-state index is 11.9. The Labute approximate surface area is 498 Å². The fraction of sp³-hybridized carbons (Fsp3) is 0.443. The molecule has 1 fully saturated rings. The number of Topliss-reactive ketones (excluding diaryl/α,β-unsaturated/α-hetero) is 7. The number of allylic oxidation sites excluding steroid dienone is 7. The number of hydrogen-bond acceptors (Lipinski definition) is 21. The molecule has 1 aliphatic carbocycles. The van der Waals surface area contributed by atoms with Crippen LogP contribution in [0.1, 0.15) is 148 Å². The van der Waals surface area contributed by atoms with Gasteiger partial charge in [-0.1, -0.05) is 71.6 Å². The van der Waals surface area contributed by atoms with Crippen LogP contribution >= 0.6 is 15.9 Å². The smallest absolute Gasteiger partial charge is 0.373 e. The number of rotatable bonds is 15. The van der Waals surface area contributed by atoms with Crippen LogP contribution in [0.2, 0.25) is 0 Å². The molecule has 8 rings (SSSR count). The van der Waals surface area contributed by atoms with Gasteiger partial charge < -0.3 is 44.1 Å². The number of halogens is 1. The zero-order valence-corrected chi connectivity index (χ0v) is 49.8. The van der Waals surface area contributed by atoms with Gasteiger partial charge in [0.25, 0.3) is 34.5 Å². The van der Waals surface area contributed by atoms with Crippen LogP contribution in [0.4, 0.5) is 11.4 Å². The molecule has 0 saturated heterocycles. The SMILES string of the molecule is CC(=O)C1=CC(c2ccc(Br)cc2)CC(O)(C(C)=O)O1.CC(=O)C1=CC(c2ccc([N+](=O)[O-])cc2)CC(O)(C(C)=O)O1.CC(=O)C1=CC(c2ccc([N+](=O)[O-])cc2)CC(O)(C(C)=O)O1.CCOC(=O)C1=CC(C2CCCCC2)CC(O)(C(C)=O)O1. The van der Waals surface area contributed by atoms with Crippen LogP contribution in [0.15, 0.2) is 125 Å². The number of carbonyl (C=O) groups excluding carboxylic acids is 8. The molecule has 8 unspecified atom stereocenters. The summed E-state index contributed by atoms with van der Waals surface area (Å²) in [6.07, 6.45) is 12.3.